The zero-order valence-electron chi connectivity index (χ0n) is 14.2. The van der Waals surface area contributed by atoms with Gasteiger partial charge in [-0.3, -0.25) is 4.98 Å². The molecule has 1 saturated heterocycles. The maximum atomic E-state index is 12.1. The first-order chi connectivity index (χ1) is 12.1. The van der Waals surface area contributed by atoms with Crippen molar-refractivity contribution in [3.05, 3.63) is 36.7 Å². The van der Waals surface area contributed by atoms with E-state index in [1.54, 1.807) is 16.7 Å². The number of piperazine rings is 1. The van der Waals surface area contributed by atoms with Crippen molar-refractivity contribution in [3.63, 3.8) is 0 Å². The monoisotopic (exact) mass is 362 g/mol. The van der Waals surface area contributed by atoms with Crippen LogP contribution in [0.15, 0.2) is 36.7 Å². The number of hydrogen-bond acceptors (Lipinski definition) is 7. The fourth-order valence-electron chi connectivity index (χ4n) is 2.73. The van der Waals surface area contributed by atoms with Gasteiger partial charge in [0.05, 0.1) is 17.6 Å². The molecule has 0 saturated carbocycles. The molecule has 25 heavy (non-hydrogen) atoms. The van der Waals surface area contributed by atoms with Gasteiger partial charge in [0.25, 0.3) is 0 Å². The Hall–Kier alpha value is -2.26. The first-order valence-electron chi connectivity index (χ1n) is 8.32. The van der Waals surface area contributed by atoms with Crippen LogP contribution in [0.2, 0.25) is 0 Å². The molecule has 1 aliphatic rings. The van der Waals surface area contributed by atoms with E-state index in [0.717, 1.165) is 11.5 Å². The highest BCUT2D eigenvalue weighted by molar-refractivity contribution is 7.89. The van der Waals surface area contributed by atoms with Crippen LogP contribution in [-0.2, 0) is 10.0 Å². The molecule has 0 bridgehead atoms. The van der Waals surface area contributed by atoms with Gasteiger partial charge in [-0.15, -0.1) is 10.2 Å². The molecule has 8 nitrogen and oxygen atoms in total. The van der Waals surface area contributed by atoms with Crippen molar-refractivity contribution in [1.82, 2.24) is 19.5 Å². The molecule has 0 atom stereocenters. The fourth-order valence-corrected chi connectivity index (χ4v) is 4.22. The van der Waals surface area contributed by atoms with Crippen LogP contribution in [0.1, 0.15) is 13.3 Å². The molecule has 0 amide bonds. The highest BCUT2D eigenvalue weighted by Gasteiger charge is 2.26. The molecule has 1 fully saturated rings. The molecule has 0 spiro atoms. The number of sulfonamides is 1. The average Bonchev–Trinajstić information content (AvgIpc) is 2.63. The first-order valence-corrected chi connectivity index (χ1v) is 9.93. The zero-order valence-corrected chi connectivity index (χ0v) is 15.0. The average molecular weight is 362 g/mol. The summed E-state index contributed by atoms with van der Waals surface area (Å²) in [4.78, 5) is 6.09. The Morgan fingerprint density at radius 3 is 2.52 bits per heavy atom. The minimum atomic E-state index is -3.13. The van der Waals surface area contributed by atoms with Crippen molar-refractivity contribution in [2.75, 3.05) is 42.1 Å². The van der Waals surface area contributed by atoms with E-state index in [0.29, 0.717) is 38.4 Å². The van der Waals surface area contributed by atoms with Gasteiger partial charge in [-0.05, 0) is 30.7 Å². The molecule has 3 rings (SSSR count). The minimum absolute atomic E-state index is 0.210. The summed E-state index contributed by atoms with van der Waals surface area (Å²) in [5.41, 5.74) is 0.847. The summed E-state index contributed by atoms with van der Waals surface area (Å²) in [6.45, 7) is 4.09. The number of aromatic nitrogens is 3. The van der Waals surface area contributed by atoms with Crippen LogP contribution in [-0.4, -0.2) is 59.8 Å². The highest BCUT2D eigenvalue weighted by Crippen LogP contribution is 2.18. The summed E-state index contributed by atoms with van der Waals surface area (Å²) in [5.74, 6) is 1.60. The van der Waals surface area contributed by atoms with Crippen LogP contribution in [0.5, 0.6) is 0 Å². The van der Waals surface area contributed by atoms with Gasteiger partial charge >= 0.3 is 0 Å². The lowest BCUT2D eigenvalue weighted by Crippen LogP contribution is -2.49. The second-order valence-corrected chi connectivity index (χ2v) is 7.93. The second-order valence-electron chi connectivity index (χ2n) is 5.85. The molecule has 1 N–H and O–H groups in total. The standard InChI is InChI=1S/C16H22N6O2S/c1-2-12-25(23,24)22-10-8-21(9-11-22)16-6-5-15(19-20-16)18-14-4-3-7-17-13-14/h3-7,13H,2,8-12H2,1H3,(H,18,19). The van der Waals surface area contributed by atoms with E-state index in [1.165, 1.54) is 0 Å². The Bertz CT molecular complexity index is 774. The van der Waals surface area contributed by atoms with Crippen molar-refractivity contribution in [2.24, 2.45) is 0 Å². The van der Waals surface area contributed by atoms with Crippen LogP contribution in [0, 0.1) is 0 Å². The largest absolute Gasteiger partial charge is 0.352 e. The lowest BCUT2D eigenvalue weighted by atomic mass is 10.3. The predicted octanol–water partition coefficient (Wildman–Crippen LogP) is 1.48. The van der Waals surface area contributed by atoms with Crippen molar-refractivity contribution in [1.29, 1.82) is 0 Å². The van der Waals surface area contributed by atoms with Gasteiger partial charge in [-0.1, -0.05) is 6.92 Å². The quantitative estimate of drug-likeness (QED) is 0.832. The van der Waals surface area contributed by atoms with E-state index < -0.39 is 10.0 Å². The van der Waals surface area contributed by atoms with E-state index in [2.05, 4.69) is 25.4 Å². The molecular weight excluding hydrogens is 340 g/mol. The van der Waals surface area contributed by atoms with Crippen molar-refractivity contribution in [3.8, 4) is 0 Å². The SMILES string of the molecule is CCCS(=O)(=O)N1CCN(c2ccc(Nc3cccnc3)nn2)CC1. The molecule has 0 unspecified atom stereocenters. The molecule has 1 aliphatic heterocycles. The van der Waals surface area contributed by atoms with Crippen molar-refractivity contribution >= 4 is 27.3 Å². The summed E-state index contributed by atoms with van der Waals surface area (Å²) in [6, 6.07) is 7.49. The molecule has 0 aliphatic carbocycles. The van der Waals surface area contributed by atoms with E-state index in [9.17, 15) is 8.42 Å². The summed E-state index contributed by atoms with van der Waals surface area (Å²) in [6.07, 6.45) is 4.06. The Balaban J connectivity index is 1.59. The summed E-state index contributed by atoms with van der Waals surface area (Å²) >= 11 is 0. The minimum Gasteiger partial charge on any atom is -0.352 e. The van der Waals surface area contributed by atoms with Crippen LogP contribution in [0.25, 0.3) is 0 Å². The third kappa shape index (κ3) is 4.43. The van der Waals surface area contributed by atoms with Gasteiger partial charge in [0.1, 0.15) is 0 Å². The van der Waals surface area contributed by atoms with E-state index in [1.807, 2.05) is 31.2 Å². The molecule has 0 radical (unpaired) electrons. The van der Waals surface area contributed by atoms with E-state index in [4.69, 9.17) is 0 Å². The third-order valence-electron chi connectivity index (χ3n) is 4.00. The van der Waals surface area contributed by atoms with Crippen LogP contribution < -0.4 is 10.2 Å². The van der Waals surface area contributed by atoms with Gasteiger partial charge in [0.2, 0.25) is 10.0 Å². The van der Waals surface area contributed by atoms with Gasteiger partial charge in [-0.2, -0.15) is 4.31 Å². The summed E-state index contributed by atoms with van der Waals surface area (Å²) < 4.78 is 25.8. The molecule has 0 aromatic carbocycles. The number of pyridine rings is 1. The lowest BCUT2D eigenvalue weighted by Gasteiger charge is -2.34. The Morgan fingerprint density at radius 2 is 1.92 bits per heavy atom. The summed E-state index contributed by atoms with van der Waals surface area (Å²) in [5, 5.41) is 11.6. The molecular formula is C16H22N6O2S. The number of nitrogens with zero attached hydrogens (tertiary/aromatic N) is 5. The first kappa shape index (κ1) is 17.6. The van der Waals surface area contributed by atoms with Crippen molar-refractivity contribution in [2.45, 2.75) is 13.3 Å². The highest BCUT2D eigenvalue weighted by atomic mass is 32.2. The molecule has 2 aromatic rings. The third-order valence-corrected chi connectivity index (χ3v) is 6.08. The predicted molar refractivity (Wildman–Crippen MR) is 97.4 cm³/mol. The normalized spacial score (nSPS) is 16.0. The van der Waals surface area contributed by atoms with E-state index >= 15 is 0 Å². The van der Waals surface area contributed by atoms with Crippen molar-refractivity contribution < 1.29 is 8.42 Å². The maximum Gasteiger partial charge on any atom is 0.214 e. The van der Waals surface area contributed by atoms with E-state index in [-0.39, 0.29) is 5.75 Å². The van der Waals surface area contributed by atoms with Gasteiger partial charge in [0, 0.05) is 32.4 Å². The topological polar surface area (TPSA) is 91.3 Å². The van der Waals surface area contributed by atoms with Gasteiger partial charge in [-0.25, -0.2) is 8.42 Å². The second kappa shape index (κ2) is 7.75. The maximum absolute atomic E-state index is 12.1. The Kier molecular flexibility index (Phi) is 5.44. The van der Waals surface area contributed by atoms with Gasteiger partial charge in [0.15, 0.2) is 11.6 Å². The molecule has 134 valence electrons. The smallest absolute Gasteiger partial charge is 0.214 e. The van der Waals surface area contributed by atoms with Crippen LogP contribution in [0.4, 0.5) is 17.3 Å². The Morgan fingerprint density at radius 1 is 1.12 bits per heavy atom. The molecule has 2 aromatic heterocycles. The number of hydrogen-bond donors (Lipinski definition) is 1. The molecule has 3 heterocycles. The lowest BCUT2D eigenvalue weighted by molar-refractivity contribution is 0.383. The van der Waals surface area contributed by atoms with Crippen LogP contribution in [0.3, 0.4) is 0 Å². The van der Waals surface area contributed by atoms with Crippen LogP contribution >= 0.6 is 0 Å². The summed E-state index contributed by atoms with van der Waals surface area (Å²) in [7, 11) is -3.13. The molecule has 9 heteroatoms. The number of anilines is 3. The number of rotatable bonds is 6. The zero-order chi connectivity index (χ0) is 17.7. The fraction of sp³-hybridized carbons (Fsp3) is 0.438. The number of nitrogens with one attached hydrogen (secondary N) is 1. The Labute approximate surface area is 147 Å². The van der Waals surface area contributed by atoms with Gasteiger partial charge < -0.3 is 10.2 Å².